The number of carbonyl (C=O) groups is 1. The molecule has 1 unspecified atom stereocenters. The number of esters is 1. The van der Waals surface area contributed by atoms with Crippen LogP contribution in [0.2, 0.25) is 0 Å². The molecule has 0 amide bonds. The fourth-order valence-corrected chi connectivity index (χ4v) is 3.44. The van der Waals surface area contributed by atoms with Gasteiger partial charge < -0.3 is 9.30 Å². The summed E-state index contributed by atoms with van der Waals surface area (Å²) in [6.07, 6.45) is 1.46. The molecule has 1 aromatic heterocycles. The Balaban J connectivity index is 2.12. The number of rotatable bonds is 6. The van der Waals surface area contributed by atoms with Crippen LogP contribution >= 0.6 is 0 Å². The largest absolute Gasteiger partial charge is 0.464 e. The summed E-state index contributed by atoms with van der Waals surface area (Å²) in [6, 6.07) is 16.1. The van der Waals surface area contributed by atoms with Crippen molar-refractivity contribution in [3.05, 3.63) is 54.1 Å². The maximum absolute atomic E-state index is 12.8. The van der Waals surface area contributed by atoms with E-state index in [9.17, 15) is 4.79 Å². The van der Waals surface area contributed by atoms with E-state index in [0.717, 1.165) is 28.8 Å². The number of aromatic nitrogens is 2. The molecule has 0 aliphatic carbocycles. The van der Waals surface area contributed by atoms with Crippen LogP contribution in [0.4, 0.5) is 0 Å². The molecule has 1 atom stereocenters. The number of carbonyl (C=O) groups excluding carboxylic acids is 1. The lowest BCUT2D eigenvalue weighted by molar-refractivity contribution is -0.147. The lowest BCUT2D eigenvalue weighted by Gasteiger charge is -2.21. The summed E-state index contributed by atoms with van der Waals surface area (Å²) < 4.78 is 7.53. The predicted molar refractivity (Wildman–Crippen MR) is 114 cm³/mol. The smallest absolute Gasteiger partial charge is 0.329 e. The molecule has 0 aliphatic rings. The fraction of sp³-hybridized carbons (Fsp3) is 0.417. The number of hydrogen-bond acceptors (Lipinski definition) is 3. The average Bonchev–Trinajstić information content (AvgIpc) is 3.06. The van der Waals surface area contributed by atoms with E-state index >= 15 is 0 Å². The molecule has 1 heterocycles. The number of hydrogen-bond donors (Lipinski definition) is 0. The normalized spacial score (nSPS) is 12.9. The number of para-hydroxylation sites is 2. The van der Waals surface area contributed by atoms with Crippen molar-refractivity contribution >= 4 is 17.0 Å². The number of fused-ring (bicyclic) bond motifs is 1. The van der Waals surface area contributed by atoms with Gasteiger partial charge in [0.15, 0.2) is 0 Å². The van der Waals surface area contributed by atoms with E-state index in [2.05, 4.69) is 45.0 Å². The van der Waals surface area contributed by atoms with Crippen molar-refractivity contribution in [3.8, 4) is 11.4 Å². The summed E-state index contributed by atoms with van der Waals surface area (Å²) in [7, 11) is 0. The lowest BCUT2D eigenvalue weighted by atomic mass is 9.86. The van der Waals surface area contributed by atoms with Gasteiger partial charge in [0.2, 0.25) is 0 Å². The predicted octanol–water partition coefficient (Wildman–Crippen LogP) is 5.91. The molecule has 4 heteroatoms. The van der Waals surface area contributed by atoms with Crippen molar-refractivity contribution in [3.63, 3.8) is 0 Å². The molecule has 0 fully saturated rings. The van der Waals surface area contributed by atoms with E-state index in [-0.39, 0.29) is 11.4 Å². The second-order valence-corrected chi connectivity index (χ2v) is 8.21. The van der Waals surface area contributed by atoms with E-state index in [1.807, 2.05) is 42.7 Å². The Labute approximate surface area is 167 Å². The molecule has 148 valence electrons. The van der Waals surface area contributed by atoms with E-state index in [4.69, 9.17) is 9.72 Å². The minimum atomic E-state index is -0.392. The highest BCUT2D eigenvalue weighted by Gasteiger charge is 2.26. The van der Waals surface area contributed by atoms with Gasteiger partial charge in [0.05, 0.1) is 17.6 Å². The van der Waals surface area contributed by atoms with Crippen LogP contribution in [0.25, 0.3) is 22.4 Å². The number of nitrogens with zero attached hydrogens (tertiary/aromatic N) is 2. The lowest BCUT2D eigenvalue weighted by Crippen LogP contribution is -2.22. The first kappa shape index (κ1) is 20.1. The Kier molecular flexibility index (Phi) is 5.87. The molecule has 4 nitrogen and oxygen atoms in total. The summed E-state index contributed by atoms with van der Waals surface area (Å²) in [4.78, 5) is 17.6. The quantitative estimate of drug-likeness (QED) is 0.501. The van der Waals surface area contributed by atoms with Gasteiger partial charge in [-0.25, -0.2) is 9.78 Å². The summed E-state index contributed by atoms with van der Waals surface area (Å²) in [5.74, 6) is 0.613. The second kappa shape index (κ2) is 8.17. The topological polar surface area (TPSA) is 44.1 Å². The van der Waals surface area contributed by atoms with Gasteiger partial charge in [0.1, 0.15) is 11.9 Å². The molecule has 3 rings (SSSR count). The van der Waals surface area contributed by atoms with Crippen molar-refractivity contribution in [1.82, 2.24) is 9.55 Å². The minimum absolute atomic E-state index is 0.0918. The number of ether oxygens (including phenoxy) is 1. The van der Waals surface area contributed by atoms with Gasteiger partial charge in [-0.15, -0.1) is 0 Å². The summed E-state index contributed by atoms with van der Waals surface area (Å²) in [5, 5.41) is 0. The molecular formula is C24H30N2O2. The van der Waals surface area contributed by atoms with Crippen LogP contribution in [0, 0.1) is 0 Å². The highest BCUT2D eigenvalue weighted by Crippen LogP contribution is 2.32. The summed E-state index contributed by atoms with van der Waals surface area (Å²) >= 11 is 0. The van der Waals surface area contributed by atoms with Crippen molar-refractivity contribution < 1.29 is 9.53 Å². The van der Waals surface area contributed by atoms with E-state index in [0.29, 0.717) is 13.0 Å². The highest BCUT2D eigenvalue weighted by molar-refractivity contribution is 5.85. The van der Waals surface area contributed by atoms with E-state index in [1.54, 1.807) is 0 Å². The molecule has 0 saturated carbocycles. The molecule has 0 spiro atoms. The molecule has 28 heavy (non-hydrogen) atoms. The molecule has 0 aliphatic heterocycles. The summed E-state index contributed by atoms with van der Waals surface area (Å²) in [6.45, 7) is 11.1. The van der Waals surface area contributed by atoms with Crippen LogP contribution in [0.5, 0.6) is 0 Å². The Morgan fingerprint density at radius 3 is 2.36 bits per heavy atom. The van der Waals surface area contributed by atoms with Crippen LogP contribution in [0.1, 0.15) is 59.1 Å². The SMILES string of the molecule is CCCOC(=O)C(CC)n1c(-c2ccc(C(C)(C)C)cc2)nc2ccccc21. The van der Waals surface area contributed by atoms with Gasteiger partial charge >= 0.3 is 5.97 Å². The average molecular weight is 379 g/mol. The van der Waals surface area contributed by atoms with E-state index < -0.39 is 6.04 Å². The third-order valence-electron chi connectivity index (χ3n) is 5.02. The van der Waals surface area contributed by atoms with Gasteiger partial charge in [-0.05, 0) is 36.0 Å². The number of imidazole rings is 1. The third-order valence-corrected chi connectivity index (χ3v) is 5.02. The van der Waals surface area contributed by atoms with Gasteiger partial charge in [-0.2, -0.15) is 0 Å². The maximum Gasteiger partial charge on any atom is 0.329 e. The molecule has 2 aromatic carbocycles. The molecule has 0 N–H and O–H groups in total. The van der Waals surface area contributed by atoms with Crippen LogP contribution < -0.4 is 0 Å². The first-order chi connectivity index (χ1) is 13.4. The van der Waals surface area contributed by atoms with Crippen LogP contribution in [-0.4, -0.2) is 22.1 Å². The summed E-state index contributed by atoms with van der Waals surface area (Å²) in [5.41, 5.74) is 4.21. The van der Waals surface area contributed by atoms with Gasteiger partial charge in [-0.1, -0.05) is 71.0 Å². The fourth-order valence-electron chi connectivity index (χ4n) is 3.44. The third kappa shape index (κ3) is 3.96. The Morgan fingerprint density at radius 1 is 1.07 bits per heavy atom. The zero-order valence-electron chi connectivity index (χ0n) is 17.5. The van der Waals surface area contributed by atoms with Gasteiger partial charge in [-0.3, -0.25) is 0 Å². The van der Waals surface area contributed by atoms with Gasteiger partial charge in [0.25, 0.3) is 0 Å². The Bertz CT molecular complexity index is 949. The van der Waals surface area contributed by atoms with Crippen LogP contribution in [-0.2, 0) is 14.9 Å². The van der Waals surface area contributed by atoms with Crippen molar-refractivity contribution in [2.24, 2.45) is 0 Å². The standard InChI is InChI=1S/C24H30N2O2/c1-6-16-28-23(27)20(7-2)26-21-11-9-8-10-19(21)25-22(26)17-12-14-18(15-13-17)24(3,4)5/h8-15,20H,6-7,16H2,1-5H3. The zero-order chi connectivity index (χ0) is 20.3. The molecule has 0 radical (unpaired) electrons. The van der Waals surface area contributed by atoms with Crippen molar-refractivity contribution in [2.75, 3.05) is 6.61 Å². The number of benzene rings is 2. The molecular weight excluding hydrogens is 348 g/mol. The second-order valence-electron chi connectivity index (χ2n) is 8.21. The minimum Gasteiger partial charge on any atom is -0.464 e. The van der Waals surface area contributed by atoms with Crippen molar-refractivity contribution in [2.45, 2.75) is 58.9 Å². The monoisotopic (exact) mass is 378 g/mol. The van der Waals surface area contributed by atoms with Crippen LogP contribution in [0.15, 0.2) is 48.5 Å². The first-order valence-electron chi connectivity index (χ1n) is 10.1. The Hall–Kier alpha value is -2.62. The van der Waals surface area contributed by atoms with Crippen LogP contribution in [0.3, 0.4) is 0 Å². The maximum atomic E-state index is 12.8. The van der Waals surface area contributed by atoms with E-state index in [1.165, 1.54) is 5.56 Å². The van der Waals surface area contributed by atoms with Crippen molar-refractivity contribution in [1.29, 1.82) is 0 Å². The first-order valence-corrected chi connectivity index (χ1v) is 10.1. The van der Waals surface area contributed by atoms with Gasteiger partial charge in [0, 0.05) is 5.56 Å². The molecule has 0 saturated heterocycles. The highest BCUT2D eigenvalue weighted by atomic mass is 16.5. The zero-order valence-corrected chi connectivity index (χ0v) is 17.5. The molecule has 0 bridgehead atoms. The molecule has 3 aromatic rings. The Morgan fingerprint density at radius 2 is 1.75 bits per heavy atom.